The molecule has 0 aromatic rings. The summed E-state index contributed by atoms with van der Waals surface area (Å²) in [4.78, 5) is 14.7. The molecule has 98 valence electrons. The lowest BCUT2D eigenvalue weighted by Gasteiger charge is -2.30. The smallest absolute Gasteiger partial charge is 0.230 e. The zero-order valence-electron chi connectivity index (χ0n) is 11.0. The van der Waals surface area contributed by atoms with Crippen LogP contribution in [0.4, 0.5) is 0 Å². The van der Waals surface area contributed by atoms with Crippen molar-refractivity contribution >= 4 is 5.91 Å². The molecular formula is C13H24N2O2. The Balaban J connectivity index is 1.96. The number of likely N-dealkylation sites (tertiary alicyclic amines) is 1. The molecule has 0 aromatic carbocycles. The third-order valence-electron chi connectivity index (χ3n) is 4.35. The van der Waals surface area contributed by atoms with Crippen LogP contribution in [0.25, 0.3) is 0 Å². The standard InChI is InChI=1S/C13H24N2O2/c1-3-13(5-6-14-10-13)12(16)15-7-4-11(8-15)9-17-2/h11,14H,3-10H2,1-2H3. The quantitative estimate of drug-likeness (QED) is 0.793. The largest absolute Gasteiger partial charge is 0.384 e. The molecule has 2 rings (SSSR count). The zero-order chi connectivity index (χ0) is 12.3. The highest BCUT2D eigenvalue weighted by molar-refractivity contribution is 5.83. The van der Waals surface area contributed by atoms with Crippen molar-refractivity contribution < 1.29 is 9.53 Å². The van der Waals surface area contributed by atoms with Crippen molar-refractivity contribution in [3.8, 4) is 0 Å². The number of methoxy groups -OCH3 is 1. The molecule has 0 bridgehead atoms. The molecule has 2 atom stereocenters. The van der Waals surface area contributed by atoms with E-state index in [1.807, 2.05) is 0 Å². The molecule has 0 radical (unpaired) electrons. The number of ether oxygens (including phenoxy) is 1. The molecule has 2 saturated heterocycles. The molecule has 0 aliphatic carbocycles. The van der Waals surface area contributed by atoms with Crippen LogP contribution in [0.1, 0.15) is 26.2 Å². The number of hydrogen-bond donors (Lipinski definition) is 1. The Kier molecular flexibility index (Phi) is 4.05. The molecule has 0 aromatic heterocycles. The molecule has 1 amide bonds. The van der Waals surface area contributed by atoms with Crippen LogP contribution in [0, 0.1) is 11.3 Å². The van der Waals surface area contributed by atoms with Crippen molar-refractivity contribution in [3.05, 3.63) is 0 Å². The van der Waals surface area contributed by atoms with Crippen LogP contribution in [-0.4, -0.2) is 50.7 Å². The fourth-order valence-corrected chi connectivity index (χ4v) is 3.10. The van der Waals surface area contributed by atoms with Crippen molar-refractivity contribution in [2.75, 3.05) is 39.9 Å². The van der Waals surface area contributed by atoms with E-state index in [9.17, 15) is 4.79 Å². The second-order valence-corrected chi connectivity index (χ2v) is 5.42. The van der Waals surface area contributed by atoms with Crippen molar-refractivity contribution in [1.29, 1.82) is 0 Å². The van der Waals surface area contributed by atoms with Gasteiger partial charge in [0.1, 0.15) is 0 Å². The lowest BCUT2D eigenvalue weighted by molar-refractivity contribution is -0.140. The highest BCUT2D eigenvalue weighted by Gasteiger charge is 2.43. The molecule has 1 N–H and O–H groups in total. The summed E-state index contributed by atoms with van der Waals surface area (Å²) in [5.41, 5.74) is -0.123. The van der Waals surface area contributed by atoms with Gasteiger partial charge in [0.2, 0.25) is 5.91 Å². The predicted molar refractivity (Wildman–Crippen MR) is 66.8 cm³/mol. The average molecular weight is 240 g/mol. The van der Waals surface area contributed by atoms with Crippen LogP contribution in [-0.2, 0) is 9.53 Å². The zero-order valence-corrected chi connectivity index (χ0v) is 11.0. The van der Waals surface area contributed by atoms with Gasteiger partial charge in [-0.1, -0.05) is 6.92 Å². The summed E-state index contributed by atoms with van der Waals surface area (Å²) in [5.74, 6) is 0.899. The van der Waals surface area contributed by atoms with Crippen molar-refractivity contribution in [1.82, 2.24) is 10.2 Å². The third kappa shape index (κ3) is 2.47. The number of rotatable bonds is 4. The molecule has 2 aliphatic heterocycles. The summed E-state index contributed by atoms with van der Waals surface area (Å²) in [6.07, 6.45) is 3.03. The summed E-state index contributed by atoms with van der Waals surface area (Å²) in [5, 5.41) is 3.33. The lowest BCUT2D eigenvalue weighted by atomic mass is 9.83. The maximum atomic E-state index is 12.6. The van der Waals surface area contributed by atoms with Gasteiger partial charge < -0.3 is 15.0 Å². The Bertz CT molecular complexity index is 275. The first-order chi connectivity index (χ1) is 8.22. The number of carbonyl (C=O) groups excluding carboxylic acids is 1. The Morgan fingerprint density at radius 3 is 3.00 bits per heavy atom. The summed E-state index contributed by atoms with van der Waals surface area (Å²) >= 11 is 0. The molecule has 0 saturated carbocycles. The predicted octanol–water partition coefficient (Wildman–Crippen LogP) is 0.871. The van der Waals surface area contributed by atoms with Gasteiger partial charge >= 0.3 is 0 Å². The molecule has 4 nitrogen and oxygen atoms in total. The Morgan fingerprint density at radius 1 is 1.59 bits per heavy atom. The van der Waals surface area contributed by atoms with E-state index < -0.39 is 0 Å². The van der Waals surface area contributed by atoms with E-state index >= 15 is 0 Å². The number of nitrogens with one attached hydrogen (secondary N) is 1. The van der Waals surface area contributed by atoms with Crippen molar-refractivity contribution in [2.24, 2.45) is 11.3 Å². The van der Waals surface area contributed by atoms with E-state index in [1.54, 1.807) is 7.11 Å². The van der Waals surface area contributed by atoms with Crippen LogP contribution < -0.4 is 5.32 Å². The molecule has 4 heteroatoms. The van der Waals surface area contributed by atoms with Crippen LogP contribution in [0.3, 0.4) is 0 Å². The molecule has 0 spiro atoms. The SMILES string of the molecule is CCC1(C(=O)N2CCC(COC)C2)CCNC1. The lowest BCUT2D eigenvalue weighted by Crippen LogP contribution is -2.44. The van der Waals surface area contributed by atoms with E-state index in [4.69, 9.17) is 4.74 Å². The molecular weight excluding hydrogens is 216 g/mol. The Labute approximate surface area is 104 Å². The topological polar surface area (TPSA) is 41.6 Å². The molecule has 2 fully saturated rings. The minimum atomic E-state index is -0.123. The molecule has 2 aliphatic rings. The van der Waals surface area contributed by atoms with E-state index in [0.717, 1.165) is 52.0 Å². The van der Waals surface area contributed by atoms with Gasteiger partial charge in [0.25, 0.3) is 0 Å². The van der Waals surface area contributed by atoms with Gasteiger partial charge in [0.15, 0.2) is 0 Å². The second-order valence-electron chi connectivity index (χ2n) is 5.42. The maximum Gasteiger partial charge on any atom is 0.230 e. The van der Waals surface area contributed by atoms with Gasteiger partial charge in [-0.25, -0.2) is 0 Å². The Hall–Kier alpha value is -0.610. The summed E-state index contributed by atoms with van der Waals surface area (Å²) in [6, 6.07) is 0. The average Bonchev–Trinajstić information content (AvgIpc) is 2.98. The van der Waals surface area contributed by atoms with E-state index in [0.29, 0.717) is 11.8 Å². The number of carbonyl (C=O) groups is 1. The summed E-state index contributed by atoms with van der Waals surface area (Å²) in [6.45, 7) is 6.54. The first-order valence-corrected chi connectivity index (χ1v) is 6.71. The van der Waals surface area contributed by atoms with Gasteiger partial charge in [-0.05, 0) is 25.8 Å². The van der Waals surface area contributed by atoms with Crippen LogP contribution in [0.5, 0.6) is 0 Å². The highest BCUT2D eigenvalue weighted by atomic mass is 16.5. The van der Waals surface area contributed by atoms with Crippen LogP contribution in [0.15, 0.2) is 0 Å². The van der Waals surface area contributed by atoms with Gasteiger partial charge in [-0.2, -0.15) is 0 Å². The Morgan fingerprint density at radius 2 is 2.41 bits per heavy atom. The molecule has 17 heavy (non-hydrogen) atoms. The summed E-state index contributed by atoms with van der Waals surface area (Å²) < 4.78 is 5.18. The van der Waals surface area contributed by atoms with E-state index in [1.165, 1.54) is 0 Å². The number of amides is 1. The molecule has 2 unspecified atom stereocenters. The van der Waals surface area contributed by atoms with Gasteiger partial charge in [-0.15, -0.1) is 0 Å². The van der Waals surface area contributed by atoms with Gasteiger partial charge in [0, 0.05) is 32.7 Å². The van der Waals surface area contributed by atoms with Gasteiger partial charge in [-0.3, -0.25) is 4.79 Å². The maximum absolute atomic E-state index is 12.6. The first-order valence-electron chi connectivity index (χ1n) is 6.71. The third-order valence-corrected chi connectivity index (χ3v) is 4.35. The molecule has 2 heterocycles. The monoisotopic (exact) mass is 240 g/mol. The van der Waals surface area contributed by atoms with Crippen LogP contribution >= 0.6 is 0 Å². The minimum Gasteiger partial charge on any atom is -0.384 e. The summed E-state index contributed by atoms with van der Waals surface area (Å²) in [7, 11) is 1.74. The minimum absolute atomic E-state index is 0.123. The first kappa shape index (κ1) is 12.8. The van der Waals surface area contributed by atoms with Crippen molar-refractivity contribution in [2.45, 2.75) is 26.2 Å². The van der Waals surface area contributed by atoms with Crippen molar-refractivity contribution in [3.63, 3.8) is 0 Å². The fourth-order valence-electron chi connectivity index (χ4n) is 3.10. The van der Waals surface area contributed by atoms with E-state index in [2.05, 4.69) is 17.1 Å². The second kappa shape index (κ2) is 5.36. The normalized spacial score (nSPS) is 33.3. The van der Waals surface area contributed by atoms with E-state index in [-0.39, 0.29) is 5.41 Å². The number of nitrogens with zero attached hydrogens (tertiary/aromatic N) is 1. The fraction of sp³-hybridized carbons (Fsp3) is 0.923. The van der Waals surface area contributed by atoms with Crippen LogP contribution in [0.2, 0.25) is 0 Å². The van der Waals surface area contributed by atoms with Gasteiger partial charge in [0.05, 0.1) is 12.0 Å². The number of hydrogen-bond acceptors (Lipinski definition) is 3. The highest BCUT2D eigenvalue weighted by Crippen LogP contribution is 2.33.